The van der Waals surface area contributed by atoms with Crippen LogP contribution in [-0.4, -0.2) is 143 Å². The molecule has 78 heavy (non-hydrogen) atoms. The summed E-state index contributed by atoms with van der Waals surface area (Å²) in [7, 11) is 0. The minimum atomic E-state index is -1.35. The molecular formula is C51H27N15O12. The standard InChI is InChI=1S/C51H27N15O12/c67-46(68)31-13-28(14-32(19-31)47(69)70)43-61-55-40(56-62-43)25-7-1-22(2-8-25)37-52-38(23-3-9-26(10-4-23)41-57-63-44(64-58-41)29-15-33(48(71)72)20-34(16-29)49(73)74)54-39(53-37)24-5-11-27(12-6-24)42-59-65-45(66-60-42)30-17-35(50(75)76)21-36(18-30)51(77)78/h1-21H,(H,67,68)(H,69,70)(H,71,72)(H,73,74)(H,75,76)(H,77,78). The molecule has 378 valence electrons. The van der Waals surface area contributed by atoms with Crippen molar-refractivity contribution in [1.82, 2.24) is 76.1 Å². The summed E-state index contributed by atoms with van der Waals surface area (Å²) in [4.78, 5) is 84.4. The van der Waals surface area contributed by atoms with Gasteiger partial charge in [-0.15, -0.1) is 61.2 Å². The molecule has 0 aliphatic rings. The van der Waals surface area contributed by atoms with Crippen LogP contribution in [0.25, 0.3) is 102 Å². The third-order valence-electron chi connectivity index (χ3n) is 11.3. The SMILES string of the molecule is O=C(O)c1cc(C(=O)O)cc(-c2nnc(-c3ccc(-c4nc(-c5ccc(-c6nnc(-c7cc(C(=O)O)cc(C(=O)O)c7)nn6)cc5)nc(-c5ccc(-c6nnc(-c7cc(C(=O)O)cc(C(=O)O)c7)nn6)cc5)n4)cc3)nn2)c1. The van der Waals surface area contributed by atoms with Gasteiger partial charge in [0.15, 0.2) is 17.5 Å². The van der Waals surface area contributed by atoms with E-state index in [1.165, 1.54) is 36.4 Å². The number of carboxylic acids is 6. The molecule has 0 saturated heterocycles. The molecule has 4 aromatic heterocycles. The monoisotopic (exact) mass is 1040 g/mol. The van der Waals surface area contributed by atoms with E-state index in [0.29, 0.717) is 33.4 Å². The van der Waals surface area contributed by atoms with E-state index >= 15 is 0 Å². The number of rotatable bonds is 15. The fourth-order valence-electron chi connectivity index (χ4n) is 7.46. The van der Waals surface area contributed by atoms with Gasteiger partial charge in [0.1, 0.15) is 0 Å². The predicted octanol–water partition coefficient (Wildman–Crippen LogP) is 5.80. The smallest absolute Gasteiger partial charge is 0.335 e. The molecule has 0 fully saturated rings. The van der Waals surface area contributed by atoms with Crippen LogP contribution in [0, 0.1) is 0 Å². The van der Waals surface area contributed by atoms with Crippen LogP contribution in [0.15, 0.2) is 127 Å². The molecule has 0 spiro atoms. The number of benzene rings is 6. The average Bonchev–Trinajstić information content (AvgIpc) is 3.47. The minimum absolute atomic E-state index is 0.0792. The minimum Gasteiger partial charge on any atom is -0.478 e. The van der Waals surface area contributed by atoms with Gasteiger partial charge in [0.05, 0.1) is 33.4 Å². The maximum atomic E-state index is 11.7. The van der Waals surface area contributed by atoms with E-state index in [1.54, 1.807) is 72.8 Å². The fraction of sp³-hybridized carbons (Fsp3) is 0. The van der Waals surface area contributed by atoms with Crippen molar-refractivity contribution in [1.29, 1.82) is 0 Å². The maximum Gasteiger partial charge on any atom is 0.335 e. The van der Waals surface area contributed by atoms with E-state index in [4.69, 9.17) is 15.0 Å². The Morgan fingerprint density at radius 1 is 0.205 bits per heavy atom. The summed E-state index contributed by atoms with van der Waals surface area (Å²) in [5, 5.41) is 106. The molecular weight excluding hydrogens is 1010 g/mol. The predicted molar refractivity (Wildman–Crippen MR) is 264 cm³/mol. The normalized spacial score (nSPS) is 10.9. The zero-order chi connectivity index (χ0) is 54.8. The van der Waals surface area contributed by atoms with Crippen molar-refractivity contribution < 1.29 is 59.4 Å². The summed E-state index contributed by atoms with van der Waals surface area (Å²) in [6, 6.07) is 30.4. The molecule has 6 aromatic carbocycles. The van der Waals surface area contributed by atoms with Gasteiger partial charge in [-0.1, -0.05) is 72.8 Å². The fourth-order valence-corrected chi connectivity index (χ4v) is 7.46. The van der Waals surface area contributed by atoms with Gasteiger partial charge in [0, 0.05) is 50.1 Å². The Morgan fingerprint density at radius 2 is 0.346 bits per heavy atom. The van der Waals surface area contributed by atoms with Crippen molar-refractivity contribution in [2.75, 3.05) is 0 Å². The van der Waals surface area contributed by atoms with Crippen molar-refractivity contribution in [2.45, 2.75) is 0 Å². The highest BCUT2D eigenvalue weighted by atomic mass is 16.4. The number of carboxylic acid groups (broad SMARTS) is 6. The zero-order valence-corrected chi connectivity index (χ0v) is 39.0. The van der Waals surface area contributed by atoms with Gasteiger partial charge >= 0.3 is 35.8 Å². The van der Waals surface area contributed by atoms with Crippen LogP contribution in [0.2, 0.25) is 0 Å². The first-order valence-corrected chi connectivity index (χ1v) is 22.2. The number of hydrogen-bond donors (Lipinski definition) is 6. The number of aromatic nitrogens is 15. The van der Waals surface area contributed by atoms with Crippen LogP contribution in [0.4, 0.5) is 0 Å². The van der Waals surface area contributed by atoms with Crippen molar-refractivity contribution in [3.63, 3.8) is 0 Å². The van der Waals surface area contributed by atoms with E-state index in [0.717, 1.165) is 18.2 Å². The maximum absolute atomic E-state index is 11.7. The Kier molecular flexibility index (Phi) is 13.0. The van der Waals surface area contributed by atoms with Crippen LogP contribution in [-0.2, 0) is 0 Å². The summed E-state index contributed by atoms with van der Waals surface area (Å²) in [6.07, 6.45) is 0. The molecule has 0 radical (unpaired) electrons. The summed E-state index contributed by atoms with van der Waals surface area (Å²) in [5.41, 5.74) is 1.45. The molecule has 10 rings (SSSR count). The number of carbonyl (C=O) groups is 6. The average molecular weight is 1040 g/mol. The van der Waals surface area contributed by atoms with Gasteiger partial charge in [-0.2, -0.15) is 0 Å². The van der Waals surface area contributed by atoms with Gasteiger partial charge in [-0.05, 0) is 54.6 Å². The quantitative estimate of drug-likeness (QED) is 0.0706. The van der Waals surface area contributed by atoms with E-state index in [1.807, 2.05) is 0 Å². The van der Waals surface area contributed by atoms with E-state index in [2.05, 4.69) is 61.2 Å². The molecule has 0 aliphatic heterocycles. The van der Waals surface area contributed by atoms with E-state index < -0.39 is 35.8 Å². The highest BCUT2D eigenvalue weighted by molar-refractivity contribution is 5.97. The largest absolute Gasteiger partial charge is 0.478 e. The lowest BCUT2D eigenvalue weighted by molar-refractivity contribution is 0.0676. The molecule has 0 saturated carbocycles. The third kappa shape index (κ3) is 10.4. The first-order chi connectivity index (χ1) is 37.5. The van der Waals surface area contributed by atoms with Crippen LogP contribution in [0.3, 0.4) is 0 Å². The Bertz CT molecular complexity index is 3550. The molecule has 0 unspecified atom stereocenters. The lowest BCUT2D eigenvalue weighted by atomic mass is 10.1. The van der Waals surface area contributed by atoms with Gasteiger partial charge in [-0.25, -0.2) is 43.7 Å². The summed E-state index contributed by atoms with van der Waals surface area (Å²) < 4.78 is 0. The first-order valence-electron chi connectivity index (χ1n) is 22.2. The number of nitrogens with zero attached hydrogens (tertiary/aromatic N) is 15. The Morgan fingerprint density at radius 3 is 0.500 bits per heavy atom. The highest BCUT2D eigenvalue weighted by Crippen LogP contribution is 2.30. The molecule has 0 atom stereocenters. The highest BCUT2D eigenvalue weighted by Gasteiger charge is 2.20. The molecule has 27 nitrogen and oxygen atoms in total. The van der Waals surface area contributed by atoms with Crippen molar-refractivity contribution in [2.24, 2.45) is 0 Å². The van der Waals surface area contributed by atoms with Crippen LogP contribution >= 0.6 is 0 Å². The van der Waals surface area contributed by atoms with Gasteiger partial charge in [0.25, 0.3) is 0 Å². The van der Waals surface area contributed by atoms with Crippen molar-refractivity contribution in [3.05, 3.63) is 161 Å². The lowest BCUT2D eigenvalue weighted by Crippen LogP contribution is -2.05. The number of hydrogen-bond acceptors (Lipinski definition) is 21. The summed E-state index contributed by atoms with van der Waals surface area (Å²) in [5.74, 6) is -7.49. The second-order valence-electron chi connectivity index (χ2n) is 16.4. The zero-order valence-electron chi connectivity index (χ0n) is 39.0. The van der Waals surface area contributed by atoms with Gasteiger partial charge in [0.2, 0.25) is 34.9 Å². The van der Waals surface area contributed by atoms with Gasteiger partial charge in [-0.3, -0.25) is 0 Å². The Labute approximate surface area is 433 Å². The Balaban J connectivity index is 0.957. The molecule has 4 heterocycles. The van der Waals surface area contributed by atoms with Crippen molar-refractivity contribution in [3.8, 4) is 102 Å². The van der Waals surface area contributed by atoms with Crippen molar-refractivity contribution >= 4 is 35.8 Å². The second kappa shape index (κ2) is 20.5. The molecule has 0 amide bonds. The third-order valence-corrected chi connectivity index (χ3v) is 11.3. The van der Waals surface area contributed by atoms with Gasteiger partial charge < -0.3 is 30.6 Å². The molecule has 6 N–H and O–H groups in total. The Hall–Kier alpha value is -12.0. The topological polar surface area (TPSA) is 417 Å². The lowest BCUT2D eigenvalue weighted by Gasteiger charge is -2.10. The molecule has 10 aromatic rings. The number of aromatic carboxylic acids is 6. The van der Waals surface area contributed by atoms with E-state index in [9.17, 15) is 59.4 Å². The second-order valence-corrected chi connectivity index (χ2v) is 16.4. The molecule has 27 heteroatoms. The molecule has 0 bridgehead atoms. The molecule has 0 aliphatic carbocycles. The van der Waals surface area contributed by atoms with Crippen LogP contribution < -0.4 is 0 Å². The summed E-state index contributed by atoms with van der Waals surface area (Å²) >= 11 is 0. The van der Waals surface area contributed by atoms with Crippen LogP contribution in [0.1, 0.15) is 62.1 Å². The van der Waals surface area contributed by atoms with E-state index in [-0.39, 0.29) is 102 Å². The van der Waals surface area contributed by atoms with Crippen LogP contribution in [0.5, 0.6) is 0 Å². The first kappa shape index (κ1) is 49.5. The summed E-state index contributed by atoms with van der Waals surface area (Å²) in [6.45, 7) is 0.